The summed E-state index contributed by atoms with van der Waals surface area (Å²) in [6.07, 6.45) is -4.91. The number of anilines is 1. The van der Waals surface area contributed by atoms with Crippen LogP contribution in [0.3, 0.4) is 0 Å². The summed E-state index contributed by atoms with van der Waals surface area (Å²) in [5.74, 6) is -2.35. The molecular formula is C14H18F3N3O2. The van der Waals surface area contributed by atoms with E-state index in [2.05, 4.69) is 5.32 Å². The van der Waals surface area contributed by atoms with E-state index >= 15 is 0 Å². The van der Waals surface area contributed by atoms with Crippen molar-refractivity contribution < 1.29 is 22.8 Å². The molecule has 0 fully saturated rings. The van der Waals surface area contributed by atoms with Crippen LogP contribution in [0, 0.1) is 0 Å². The maximum Gasteiger partial charge on any atom is 0.471 e. The second kappa shape index (κ2) is 6.35. The molecule has 1 aromatic carbocycles. The minimum Gasteiger partial charge on any atom is -0.334 e. The highest BCUT2D eigenvalue weighted by Crippen LogP contribution is 2.20. The van der Waals surface area contributed by atoms with Crippen LogP contribution in [0.15, 0.2) is 24.3 Å². The van der Waals surface area contributed by atoms with Crippen LogP contribution >= 0.6 is 0 Å². The fourth-order valence-corrected chi connectivity index (χ4v) is 1.60. The minimum atomic E-state index is -4.91. The Kier molecular flexibility index (Phi) is 5.18. The molecule has 0 unspecified atom stereocenters. The molecule has 0 bridgehead atoms. The summed E-state index contributed by atoms with van der Waals surface area (Å²) in [6.45, 7) is 2.83. The average Bonchev–Trinajstić information content (AvgIpc) is 2.35. The number of halogens is 3. The molecular weight excluding hydrogens is 299 g/mol. The van der Waals surface area contributed by atoms with Crippen LogP contribution in [0.4, 0.5) is 18.9 Å². The number of carbonyl (C=O) groups excluding carboxylic acids is 2. The number of amides is 2. The van der Waals surface area contributed by atoms with E-state index in [1.165, 1.54) is 19.9 Å². The first-order valence-electron chi connectivity index (χ1n) is 6.43. The van der Waals surface area contributed by atoms with E-state index in [1.54, 1.807) is 18.2 Å². The number of benzene rings is 1. The van der Waals surface area contributed by atoms with Gasteiger partial charge in [0.25, 0.3) is 0 Å². The van der Waals surface area contributed by atoms with Gasteiger partial charge in [-0.1, -0.05) is 12.1 Å². The number of nitrogens with zero attached hydrogens (tertiary/aromatic N) is 1. The van der Waals surface area contributed by atoms with Crippen LogP contribution in [0.1, 0.15) is 19.4 Å². The van der Waals surface area contributed by atoms with Crippen molar-refractivity contribution in [3.05, 3.63) is 29.8 Å². The van der Waals surface area contributed by atoms with Gasteiger partial charge in [-0.3, -0.25) is 9.59 Å². The SMILES string of the molecule is CN(Cc1cccc(NC(=O)C(C)(C)N)c1)C(=O)C(F)(F)F. The third-order valence-electron chi connectivity index (χ3n) is 2.78. The van der Waals surface area contributed by atoms with E-state index in [0.29, 0.717) is 16.2 Å². The largest absolute Gasteiger partial charge is 0.471 e. The van der Waals surface area contributed by atoms with Crippen LogP contribution in [-0.4, -0.2) is 35.5 Å². The molecule has 8 heteroatoms. The van der Waals surface area contributed by atoms with Crippen molar-refractivity contribution in [3.63, 3.8) is 0 Å². The van der Waals surface area contributed by atoms with Crippen molar-refractivity contribution in [2.75, 3.05) is 12.4 Å². The van der Waals surface area contributed by atoms with Crippen molar-refractivity contribution in [2.45, 2.75) is 32.1 Å². The van der Waals surface area contributed by atoms with Crippen LogP contribution < -0.4 is 11.1 Å². The zero-order valence-corrected chi connectivity index (χ0v) is 12.5. The molecule has 1 aromatic rings. The Morgan fingerprint density at radius 2 is 1.86 bits per heavy atom. The lowest BCUT2D eigenvalue weighted by molar-refractivity contribution is -0.184. The van der Waals surface area contributed by atoms with Crippen LogP contribution in [0.2, 0.25) is 0 Å². The maximum absolute atomic E-state index is 12.3. The normalized spacial score (nSPS) is 12.0. The number of alkyl halides is 3. The van der Waals surface area contributed by atoms with Gasteiger partial charge in [0.15, 0.2) is 0 Å². The first kappa shape index (κ1) is 18.0. The van der Waals surface area contributed by atoms with Crippen LogP contribution in [-0.2, 0) is 16.1 Å². The van der Waals surface area contributed by atoms with Crippen molar-refractivity contribution in [1.82, 2.24) is 4.90 Å². The van der Waals surface area contributed by atoms with Gasteiger partial charge in [-0.05, 0) is 31.5 Å². The smallest absolute Gasteiger partial charge is 0.334 e. The summed E-state index contributed by atoms with van der Waals surface area (Å²) in [7, 11) is 1.06. The highest BCUT2D eigenvalue weighted by Gasteiger charge is 2.41. The molecule has 0 aliphatic heterocycles. The van der Waals surface area contributed by atoms with E-state index in [1.807, 2.05) is 0 Å². The quantitative estimate of drug-likeness (QED) is 0.890. The lowest BCUT2D eigenvalue weighted by Gasteiger charge is -2.20. The second-order valence-corrected chi connectivity index (χ2v) is 5.54. The Balaban J connectivity index is 2.81. The number of nitrogens with two attached hydrogens (primary N) is 1. The summed E-state index contributed by atoms with van der Waals surface area (Å²) in [5, 5.41) is 2.57. The van der Waals surface area contributed by atoms with Crippen molar-refractivity contribution in [3.8, 4) is 0 Å². The third kappa shape index (κ3) is 5.03. The predicted molar refractivity (Wildman–Crippen MR) is 75.9 cm³/mol. The molecule has 2 amide bonds. The van der Waals surface area contributed by atoms with Gasteiger partial charge in [0.1, 0.15) is 0 Å². The van der Waals surface area contributed by atoms with Crippen LogP contribution in [0.5, 0.6) is 0 Å². The predicted octanol–water partition coefficient (Wildman–Crippen LogP) is 1.88. The lowest BCUT2D eigenvalue weighted by atomic mass is 10.1. The molecule has 122 valence electrons. The topological polar surface area (TPSA) is 75.4 Å². The molecule has 1 rings (SSSR count). The van der Waals surface area contributed by atoms with Gasteiger partial charge >= 0.3 is 12.1 Å². The van der Waals surface area contributed by atoms with E-state index in [0.717, 1.165) is 7.05 Å². The van der Waals surface area contributed by atoms with E-state index in [4.69, 9.17) is 5.73 Å². The number of carbonyl (C=O) groups is 2. The Bertz CT molecular complexity index is 565. The second-order valence-electron chi connectivity index (χ2n) is 5.54. The summed E-state index contributed by atoms with van der Waals surface area (Å²) in [4.78, 5) is 23.4. The van der Waals surface area contributed by atoms with Gasteiger partial charge < -0.3 is 16.0 Å². The molecule has 0 aliphatic carbocycles. The maximum atomic E-state index is 12.3. The standard InChI is InChI=1S/C14H18F3N3O2/c1-13(2,18)11(21)19-10-6-4-5-9(7-10)8-20(3)12(22)14(15,16)17/h4-7H,8,18H2,1-3H3,(H,19,21). The molecule has 5 nitrogen and oxygen atoms in total. The average molecular weight is 317 g/mol. The number of hydrogen-bond donors (Lipinski definition) is 2. The zero-order chi connectivity index (χ0) is 17.1. The molecule has 0 radical (unpaired) electrons. The molecule has 0 spiro atoms. The highest BCUT2D eigenvalue weighted by atomic mass is 19.4. The van der Waals surface area contributed by atoms with Gasteiger partial charge in [-0.2, -0.15) is 13.2 Å². The molecule has 0 heterocycles. The Morgan fingerprint density at radius 1 is 1.27 bits per heavy atom. The molecule has 0 aliphatic rings. The minimum absolute atomic E-state index is 0.228. The number of hydrogen-bond acceptors (Lipinski definition) is 3. The summed E-state index contributed by atoms with van der Waals surface area (Å²) < 4.78 is 37.0. The molecule has 0 aromatic heterocycles. The summed E-state index contributed by atoms with van der Waals surface area (Å²) >= 11 is 0. The van der Waals surface area contributed by atoms with Gasteiger partial charge in [0, 0.05) is 19.3 Å². The first-order valence-corrected chi connectivity index (χ1v) is 6.43. The van der Waals surface area contributed by atoms with Crippen molar-refractivity contribution >= 4 is 17.5 Å². The van der Waals surface area contributed by atoms with E-state index in [-0.39, 0.29) is 6.54 Å². The summed E-state index contributed by atoms with van der Waals surface area (Å²) in [6, 6.07) is 6.20. The number of rotatable bonds is 4. The molecule has 3 N–H and O–H groups in total. The van der Waals surface area contributed by atoms with Gasteiger partial charge in [-0.25, -0.2) is 0 Å². The van der Waals surface area contributed by atoms with Gasteiger partial charge in [0.2, 0.25) is 5.91 Å². The Morgan fingerprint density at radius 3 is 2.36 bits per heavy atom. The van der Waals surface area contributed by atoms with Crippen LogP contribution in [0.25, 0.3) is 0 Å². The van der Waals surface area contributed by atoms with Gasteiger partial charge in [-0.15, -0.1) is 0 Å². The van der Waals surface area contributed by atoms with Gasteiger partial charge in [0.05, 0.1) is 5.54 Å². The summed E-state index contributed by atoms with van der Waals surface area (Å²) in [5.41, 5.74) is 5.41. The fourth-order valence-electron chi connectivity index (χ4n) is 1.60. The van der Waals surface area contributed by atoms with Crippen molar-refractivity contribution in [2.24, 2.45) is 5.73 Å². The Labute approximate surface area is 126 Å². The van der Waals surface area contributed by atoms with E-state index < -0.39 is 23.5 Å². The number of nitrogens with one attached hydrogen (secondary N) is 1. The van der Waals surface area contributed by atoms with Crippen molar-refractivity contribution in [1.29, 1.82) is 0 Å². The molecule has 22 heavy (non-hydrogen) atoms. The molecule has 0 saturated carbocycles. The monoisotopic (exact) mass is 317 g/mol. The first-order chi connectivity index (χ1) is 9.91. The molecule has 0 atom stereocenters. The molecule has 0 saturated heterocycles. The lowest BCUT2D eigenvalue weighted by Crippen LogP contribution is -2.45. The van der Waals surface area contributed by atoms with E-state index in [9.17, 15) is 22.8 Å². The third-order valence-corrected chi connectivity index (χ3v) is 2.78. The highest BCUT2D eigenvalue weighted by molar-refractivity contribution is 5.97. The fraction of sp³-hybridized carbons (Fsp3) is 0.429. The Hall–Kier alpha value is -2.09. The zero-order valence-electron chi connectivity index (χ0n) is 12.5.